The average molecular weight is 260 g/mol. The van der Waals surface area contributed by atoms with E-state index in [4.69, 9.17) is 9.84 Å². The summed E-state index contributed by atoms with van der Waals surface area (Å²) in [5.41, 5.74) is 0. The van der Waals surface area contributed by atoms with Crippen LogP contribution >= 0.6 is 0 Å². The van der Waals surface area contributed by atoms with E-state index in [1.807, 2.05) is 13.8 Å². The molecular weight excluding hydrogens is 236 g/mol. The maximum atomic E-state index is 11.6. The monoisotopic (exact) mass is 260 g/mol. The fourth-order valence-corrected chi connectivity index (χ4v) is 1.43. The summed E-state index contributed by atoms with van der Waals surface area (Å²) < 4.78 is 5.16. The standard InChI is InChI=1S/C12H24N2O4/c1-5-8(3)10(11(15)16)14-12(17)13-9(4)7-18-6-2/h8-10H,5-7H2,1-4H3,(H,15,16)(H2,13,14,17). The zero-order valence-corrected chi connectivity index (χ0v) is 11.5. The highest BCUT2D eigenvalue weighted by molar-refractivity contribution is 5.82. The molecule has 0 heterocycles. The zero-order chi connectivity index (χ0) is 14.1. The van der Waals surface area contributed by atoms with Crippen molar-refractivity contribution in [1.82, 2.24) is 10.6 Å². The van der Waals surface area contributed by atoms with Crippen LogP contribution in [0.3, 0.4) is 0 Å². The van der Waals surface area contributed by atoms with Gasteiger partial charge in [0.1, 0.15) is 6.04 Å². The summed E-state index contributed by atoms with van der Waals surface area (Å²) in [4.78, 5) is 22.6. The molecule has 18 heavy (non-hydrogen) atoms. The highest BCUT2D eigenvalue weighted by atomic mass is 16.5. The molecule has 2 amide bonds. The minimum atomic E-state index is -1.02. The van der Waals surface area contributed by atoms with Crippen molar-refractivity contribution in [3.8, 4) is 0 Å². The fourth-order valence-electron chi connectivity index (χ4n) is 1.43. The molecule has 6 nitrogen and oxygen atoms in total. The number of ether oxygens (including phenoxy) is 1. The van der Waals surface area contributed by atoms with Crippen LogP contribution in [0.15, 0.2) is 0 Å². The first-order valence-electron chi connectivity index (χ1n) is 6.29. The van der Waals surface area contributed by atoms with Gasteiger partial charge in [0.25, 0.3) is 0 Å². The number of nitrogens with one attached hydrogen (secondary N) is 2. The lowest BCUT2D eigenvalue weighted by atomic mass is 9.99. The Morgan fingerprint density at radius 2 is 1.83 bits per heavy atom. The molecule has 0 aliphatic carbocycles. The van der Waals surface area contributed by atoms with E-state index >= 15 is 0 Å². The number of aliphatic carboxylic acids is 1. The SMILES string of the molecule is CCOCC(C)NC(=O)NC(C(=O)O)C(C)CC. The van der Waals surface area contributed by atoms with Crippen LogP contribution in [0, 0.1) is 5.92 Å². The molecule has 106 valence electrons. The first-order valence-corrected chi connectivity index (χ1v) is 6.29. The molecule has 0 bridgehead atoms. The van der Waals surface area contributed by atoms with Gasteiger partial charge >= 0.3 is 12.0 Å². The highest BCUT2D eigenvalue weighted by Crippen LogP contribution is 2.07. The van der Waals surface area contributed by atoms with Crippen LogP contribution in [0.1, 0.15) is 34.1 Å². The van der Waals surface area contributed by atoms with Crippen molar-refractivity contribution in [3.05, 3.63) is 0 Å². The third kappa shape index (κ3) is 6.44. The Morgan fingerprint density at radius 3 is 2.28 bits per heavy atom. The summed E-state index contributed by atoms with van der Waals surface area (Å²) in [5.74, 6) is -1.13. The molecule has 0 aromatic carbocycles. The molecular formula is C12H24N2O4. The van der Waals surface area contributed by atoms with E-state index in [1.54, 1.807) is 13.8 Å². The van der Waals surface area contributed by atoms with E-state index in [0.717, 1.165) is 0 Å². The molecule has 0 aliphatic heterocycles. The number of urea groups is 1. The van der Waals surface area contributed by atoms with Gasteiger partial charge in [0.05, 0.1) is 12.6 Å². The van der Waals surface area contributed by atoms with Crippen molar-refractivity contribution < 1.29 is 19.4 Å². The van der Waals surface area contributed by atoms with Gasteiger partial charge in [-0.1, -0.05) is 20.3 Å². The van der Waals surface area contributed by atoms with E-state index in [1.165, 1.54) is 0 Å². The Hall–Kier alpha value is -1.30. The molecule has 6 heteroatoms. The molecule has 0 spiro atoms. The third-order valence-electron chi connectivity index (χ3n) is 2.72. The van der Waals surface area contributed by atoms with Gasteiger partial charge in [-0.15, -0.1) is 0 Å². The lowest BCUT2D eigenvalue weighted by Gasteiger charge is -2.22. The molecule has 3 unspecified atom stereocenters. The van der Waals surface area contributed by atoms with E-state index in [9.17, 15) is 9.59 Å². The second-order valence-corrected chi connectivity index (χ2v) is 4.38. The first kappa shape index (κ1) is 16.7. The molecule has 0 fully saturated rings. The van der Waals surface area contributed by atoms with Crippen molar-refractivity contribution in [1.29, 1.82) is 0 Å². The quantitative estimate of drug-likeness (QED) is 0.612. The molecule has 0 saturated carbocycles. The molecule has 0 saturated heterocycles. The zero-order valence-electron chi connectivity index (χ0n) is 11.5. The molecule has 0 radical (unpaired) electrons. The van der Waals surface area contributed by atoms with E-state index in [0.29, 0.717) is 19.6 Å². The Labute approximate surface area is 108 Å². The minimum absolute atomic E-state index is 0.115. The molecule has 0 aliphatic rings. The van der Waals surface area contributed by atoms with Gasteiger partial charge in [0.15, 0.2) is 0 Å². The second-order valence-electron chi connectivity index (χ2n) is 4.38. The number of rotatable bonds is 8. The highest BCUT2D eigenvalue weighted by Gasteiger charge is 2.25. The summed E-state index contributed by atoms with van der Waals surface area (Å²) in [5, 5.41) is 14.1. The number of carbonyl (C=O) groups is 2. The Kier molecular flexibility index (Phi) is 8.11. The van der Waals surface area contributed by atoms with Crippen LogP contribution in [-0.2, 0) is 9.53 Å². The normalized spacial score (nSPS) is 15.6. The van der Waals surface area contributed by atoms with Gasteiger partial charge in [0, 0.05) is 6.61 Å². The molecule has 0 aromatic rings. The molecule has 0 aromatic heterocycles. The van der Waals surface area contributed by atoms with Gasteiger partial charge in [-0.25, -0.2) is 9.59 Å². The smallest absolute Gasteiger partial charge is 0.326 e. The van der Waals surface area contributed by atoms with Crippen LogP contribution in [0.2, 0.25) is 0 Å². The Balaban J connectivity index is 4.21. The molecule has 3 N–H and O–H groups in total. The first-order chi connectivity index (χ1) is 8.42. The lowest BCUT2D eigenvalue weighted by Crippen LogP contribution is -2.51. The van der Waals surface area contributed by atoms with E-state index < -0.39 is 18.0 Å². The number of carboxylic acid groups (broad SMARTS) is 1. The van der Waals surface area contributed by atoms with E-state index in [2.05, 4.69) is 10.6 Å². The van der Waals surface area contributed by atoms with Crippen LogP contribution in [0.5, 0.6) is 0 Å². The third-order valence-corrected chi connectivity index (χ3v) is 2.72. The number of carbonyl (C=O) groups excluding carboxylic acids is 1. The van der Waals surface area contributed by atoms with Gasteiger partial charge in [-0.05, 0) is 19.8 Å². The molecule has 3 atom stereocenters. The topological polar surface area (TPSA) is 87.7 Å². The lowest BCUT2D eigenvalue weighted by molar-refractivity contribution is -0.140. The Bertz CT molecular complexity index is 271. The van der Waals surface area contributed by atoms with Crippen molar-refractivity contribution in [2.24, 2.45) is 5.92 Å². The maximum Gasteiger partial charge on any atom is 0.326 e. The van der Waals surface area contributed by atoms with Gasteiger partial charge in [-0.3, -0.25) is 0 Å². The average Bonchev–Trinajstić information content (AvgIpc) is 2.32. The summed E-state index contributed by atoms with van der Waals surface area (Å²) in [6.45, 7) is 8.34. The Morgan fingerprint density at radius 1 is 1.22 bits per heavy atom. The fraction of sp³-hybridized carbons (Fsp3) is 0.833. The summed E-state index contributed by atoms with van der Waals surface area (Å²) in [6, 6.07) is -1.50. The van der Waals surface area contributed by atoms with Gasteiger partial charge < -0.3 is 20.5 Å². The van der Waals surface area contributed by atoms with Gasteiger partial charge in [-0.2, -0.15) is 0 Å². The van der Waals surface area contributed by atoms with Gasteiger partial charge in [0.2, 0.25) is 0 Å². The number of amides is 2. The summed E-state index contributed by atoms with van der Waals surface area (Å²) in [7, 11) is 0. The number of hydrogen-bond acceptors (Lipinski definition) is 3. The van der Waals surface area contributed by atoms with Crippen LogP contribution < -0.4 is 10.6 Å². The second kappa shape index (κ2) is 8.74. The van der Waals surface area contributed by atoms with Crippen LogP contribution in [0.25, 0.3) is 0 Å². The maximum absolute atomic E-state index is 11.6. The predicted octanol–water partition coefficient (Wildman–Crippen LogP) is 1.21. The summed E-state index contributed by atoms with van der Waals surface area (Å²) in [6.07, 6.45) is 0.686. The minimum Gasteiger partial charge on any atom is -0.480 e. The largest absolute Gasteiger partial charge is 0.480 e. The van der Waals surface area contributed by atoms with Crippen LogP contribution in [-0.4, -0.2) is 42.4 Å². The van der Waals surface area contributed by atoms with Crippen molar-refractivity contribution in [3.63, 3.8) is 0 Å². The van der Waals surface area contributed by atoms with E-state index in [-0.39, 0.29) is 12.0 Å². The number of carboxylic acids is 1. The van der Waals surface area contributed by atoms with Crippen molar-refractivity contribution in [2.45, 2.75) is 46.2 Å². The van der Waals surface area contributed by atoms with Crippen LogP contribution in [0.4, 0.5) is 4.79 Å². The molecule has 0 rings (SSSR count). The summed E-state index contributed by atoms with van der Waals surface area (Å²) >= 11 is 0. The van der Waals surface area contributed by atoms with Crippen molar-refractivity contribution in [2.75, 3.05) is 13.2 Å². The van der Waals surface area contributed by atoms with Crippen molar-refractivity contribution >= 4 is 12.0 Å². The predicted molar refractivity (Wildman–Crippen MR) is 68.5 cm³/mol. The number of hydrogen-bond donors (Lipinski definition) is 3.